The molecule has 1 heterocycles. The van der Waals surface area contributed by atoms with Crippen molar-refractivity contribution in [2.24, 2.45) is 4.99 Å². The van der Waals surface area contributed by atoms with Gasteiger partial charge in [0.05, 0.1) is 24.9 Å². The molecule has 0 amide bonds. The van der Waals surface area contributed by atoms with Crippen LogP contribution in [0.15, 0.2) is 4.99 Å². The Morgan fingerprint density at radius 3 is 3.18 bits per heavy atom. The lowest BCUT2D eigenvalue weighted by molar-refractivity contribution is 0.460. The Labute approximate surface area is 67.3 Å². The van der Waals surface area contributed by atoms with Crippen LogP contribution in [0.5, 0.6) is 0 Å². The SMILES string of the molecule is CCC1=NCCN1CCC#N. The molecule has 0 unspecified atom stereocenters. The van der Waals surface area contributed by atoms with Crippen LogP contribution in [0.2, 0.25) is 0 Å². The third-order valence-electron chi connectivity index (χ3n) is 1.84. The minimum Gasteiger partial charge on any atom is -0.357 e. The van der Waals surface area contributed by atoms with Gasteiger partial charge in [0.15, 0.2) is 0 Å². The molecule has 0 bridgehead atoms. The molecule has 0 saturated heterocycles. The zero-order chi connectivity index (χ0) is 8.10. The standard InChI is InChI=1S/C8H13N3/c1-2-8-10-5-7-11(8)6-3-4-9/h2-3,5-7H2,1H3. The molecule has 0 atom stereocenters. The van der Waals surface area contributed by atoms with Gasteiger partial charge in [-0.05, 0) is 0 Å². The van der Waals surface area contributed by atoms with Crippen LogP contribution in [0.4, 0.5) is 0 Å². The van der Waals surface area contributed by atoms with E-state index in [9.17, 15) is 0 Å². The van der Waals surface area contributed by atoms with Gasteiger partial charge < -0.3 is 4.90 Å². The average molecular weight is 151 g/mol. The molecule has 3 nitrogen and oxygen atoms in total. The van der Waals surface area contributed by atoms with Crippen molar-refractivity contribution in [2.75, 3.05) is 19.6 Å². The highest BCUT2D eigenvalue weighted by Crippen LogP contribution is 2.04. The van der Waals surface area contributed by atoms with Crippen LogP contribution in [-0.4, -0.2) is 30.4 Å². The summed E-state index contributed by atoms with van der Waals surface area (Å²) in [5, 5.41) is 8.37. The zero-order valence-electron chi connectivity index (χ0n) is 6.88. The second kappa shape index (κ2) is 3.97. The van der Waals surface area contributed by atoms with Gasteiger partial charge in [-0.15, -0.1) is 0 Å². The Hall–Kier alpha value is -1.04. The van der Waals surface area contributed by atoms with E-state index in [1.54, 1.807) is 0 Å². The molecule has 1 aliphatic heterocycles. The van der Waals surface area contributed by atoms with Gasteiger partial charge in [0.25, 0.3) is 0 Å². The zero-order valence-corrected chi connectivity index (χ0v) is 6.88. The van der Waals surface area contributed by atoms with Crippen LogP contribution in [0.1, 0.15) is 19.8 Å². The summed E-state index contributed by atoms with van der Waals surface area (Å²) >= 11 is 0. The Bertz CT molecular complexity index is 190. The molecule has 0 fully saturated rings. The largest absolute Gasteiger partial charge is 0.357 e. The van der Waals surface area contributed by atoms with E-state index in [0.29, 0.717) is 6.42 Å². The van der Waals surface area contributed by atoms with Crippen molar-refractivity contribution >= 4 is 5.84 Å². The van der Waals surface area contributed by atoms with Crippen LogP contribution in [0.3, 0.4) is 0 Å². The van der Waals surface area contributed by atoms with Gasteiger partial charge in [-0.3, -0.25) is 4.99 Å². The molecule has 11 heavy (non-hydrogen) atoms. The summed E-state index contributed by atoms with van der Waals surface area (Å²) in [5.41, 5.74) is 0. The fourth-order valence-corrected chi connectivity index (χ4v) is 1.29. The Kier molecular flexibility index (Phi) is 2.91. The fraction of sp³-hybridized carbons (Fsp3) is 0.750. The van der Waals surface area contributed by atoms with Crippen LogP contribution in [-0.2, 0) is 0 Å². The summed E-state index contributed by atoms with van der Waals surface area (Å²) in [5.74, 6) is 1.17. The number of nitrogens with zero attached hydrogens (tertiary/aromatic N) is 3. The van der Waals surface area contributed by atoms with Gasteiger partial charge in [0.1, 0.15) is 0 Å². The summed E-state index contributed by atoms with van der Waals surface area (Å²) in [6.07, 6.45) is 1.60. The lowest BCUT2D eigenvalue weighted by Gasteiger charge is -2.17. The van der Waals surface area contributed by atoms with Crippen LogP contribution in [0.25, 0.3) is 0 Å². The van der Waals surface area contributed by atoms with E-state index in [-0.39, 0.29) is 0 Å². The number of rotatable bonds is 3. The van der Waals surface area contributed by atoms with Crippen molar-refractivity contribution < 1.29 is 0 Å². The summed E-state index contributed by atoms with van der Waals surface area (Å²) in [4.78, 5) is 6.52. The number of hydrogen-bond acceptors (Lipinski definition) is 3. The molecular weight excluding hydrogens is 138 g/mol. The normalized spacial score (nSPS) is 16.4. The second-order valence-corrected chi connectivity index (χ2v) is 2.55. The lowest BCUT2D eigenvalue weighted by atomic mass is 10.3. The lowest BCUT2D eigenvalue weighted by Crippen LogP contribution is -2.27. The van der Waals surface area contributed by atoms with Gasteiger partial charge in [-0.25, -0.2) is 0 Å². The molecule has 0 N–H and O–H groups in total. The monoisotopic (exact) mass is 151 g/mol. The molecule has 1 rings (SSSR count). The number of aliphatic imine (C=N–C) groups is 1. The summed E-state index contributed by atoms with van der Waals surface area (Å²) in [6.45, 7) is 4.87. The fourth-order valence-electron chi connectivity index (χ4n) is 1.29. The van der Waals surface area contributed by atoms with Crippen molar-refractivity contribution in [3.63, 3.8) is 0 Å². The van der Waals surface area contributed by atoms with Crippen molar-refractivity contribution in [1.29, 1.82) is 5.26 Å². The van der Waals surface area contributed by atoms with Gasteiger partial charge in [-0.1, -0.05) is 6.92 Å². The van der Waals surface area contributed by atoms with Gasteiger partial charge in [-0.2, -0.15) is 5.26 Å². The molecule has 0 radical (unpaired) electrons. The molecule has 0 saturated carbocycles. The maximum atomic E-state index is 8.37. The molecule has 0 spiro atoms. The number of amidine groups is 1. The van der Waals surface area contributed by atoms with Gasteiger partial charge >= 0.3 is 0 Å². The first-order valence-electron chi connectivity index (χ1n) is 4.03. The predicted molar refractivity (Wildman–Crippen MR) is 44.4 cm³/mol. The second-order valence-electron chi connectivity index (χ2n) is 2.55. The molecule has 0 aliphatic carbocycles. The van der Waals surface area contributed by atoms with Crippen molar-refractivity contribution in [1.82, 2.24) is 4.90 Å². The van der Waals surface area contributed by atoms with E-state index in [0.717, 1.165) is 26.1 Å². The molecule has 0 aromatic carbocycles. The topological polar surface area (TPSA) is 39.4 Å². The van der Waals surface area contributed by atoms with Crippen LogP contribution in [0, 0.1) is 11.3 Å². The Morgan fingerprint density at radius 1 is 1.73 bits per heavy atom. The molecule has 1 aliphatic rings. The molecule has 60 valence electrons. The molecule has 3 heteroatoms. The quantitative estimate of drug-likeness (QED) is 0.604. The van der Waals surface area contributed by atoms with E-state index in [1.165, 1.54) is 5.84 Å². The minimum atomic E-state index is 0.610. The van der Waals surface area contributed by atoms with Crippen molar-refractivity contribution in [2.45, 2.75) is 19.8 Å². The highest BCUT2D eigenvalue weighted by molar-refractivity contribution is 5.83. The number of hydrogen-bond donors (Lipinski definition) is 0. The first-order valence-corrected chi connectivity index (χ1v) is 4.03. The van der Waals surface area contributed by atoms with E-state index in [4.69, 9.17) is 5.26 Å². The van der Waals surface area contributed by atoms with E-state index in [1.807, 2.05) is 0 Å². The van der Waals surface area contributed by atoms with Crippen LogP contribution >= 0.6 is 0 Å². The third kappa shape index (κ3) is 1.94. The predicted octanol–water partition coefficient (Wildman–Crippen LogP) is 1.02. The van der Waals surface area contributed by atoms with E-state index in [2.05, 4.69) is 22.9 Å². The third-order valence-corrected chi connectivity index (χ3v) is 1.84. The summed E-state index contributed by atoms with van der Waals surface area (Å²) < 4.78 is 0. The summed E-state index contributed by atoms with van der Waals surface area (Å²) in [7, 11) is 0. The van der Waals surface area contributed by atoms with Crippen molar-refractivity contribution in [3.8, 4) is 6.07 Å². The highest BCUT2D eigenvalue weighted by atomic mass is 15.2. The Balaban J connectivity index is 2.35. The Morgan fingerprint density at radius 2 is 2.55 bits per heavy atom. The van der Waals surface area contributed by atoms with Crippen LogP contribution < -0.4 is 0 Å². The highest BCUT2D eigenvalue weighted by Gasteiger charge is 2.13. The maximum absolute atomic E-state index is 8.37. The van der Waals surface area contributed by atoms with E-state index < -0.39 is 0 Å². The molecule has 0 aromatic rings. The molecular formula is C8H13N3. The smallest absolute Gasteiger partial charge is 0.0987 e. The summed E-state index contributed by atoms with van der Waals surface area (Å²) in [6, 6.07) is 2.14. The first kappa shape index (κ1) is 8.06. The van der Waals surface area contributed by atoms with E-state index >= 15 is 0 Å². The maximum Gasteiger partial charge on any atom is 0.0987 e. The molecule has 0 aromatic heterocycles. The van der Waals surface area contributed by atoms with Crippen molar-refractivity contribution in [3.05, 3.63) is 0 Å². The number of nitriles is 1. The minimum absolute atomic E-state index is 0.610. The van der Waals surface area contributed by atoms with Gasteiger partial charge in [0.2, 0.25) is 0 Å². The van der Waals surface area contributed by atoms with Gasteiger partial charge in [0, 0.05) is 19.5 Å². The average Bonchev–Trinajstić information content (AvgIpc) is 2.47. The first-order chi connectivity index (χ1) is 5.38.